The van der Waals surface area contributed by atoms with Crippen LogP contribution in [0.25, 0.3) is 0 Å². The van der Waals surface area contributed by atoms with Crippen molar-refractivity contribution in [2.45, 2.75) is 15.5 Å². The lowest BCUT2D eigenvalue weighted by Crippen LogP contribution is -2.14. The van der Waals surface area contributed by atoms with E-state index in [-0.39, 0.29) is 14.9 Å². The maximum Gasteiger partial charge on any atom is 0.263 e. The van der Waals surface area contributed by atoms with E-state index in [4.69, 9.17) is 39.5 Å². The van der Waals surface area contributed by atoms with Crippen LogP contribution in [0, 0.1) is 0 Å². The highest BCUT2D eigenvalue weighted by Crippen LogP contribution is 2.38. The maximum atomic E-state index is 12.9. The van der Waals surface area contributed by atoms with Gasteiger partial charge in [-0.05, 0) is 42.0 Å². The summed E-state index contributed by atoms with van der Waals surface area (Å²) in [4.78, 5) is 0.657. The summed E-state index contributed by atoms with van der Waals surface area (Å²) in [7, 11) is -2.53. The van der Waals surface area contributed by atoms with Crippen molar-refractivity contribution in [2.24, 2.45) is 0 Å². The SMILES string of the molecule is COc1ccc(S(=O)(=O)Nc2ccccc2SCc2ccc(Cl)cc2)c(Cl)c1Cl. The van der Waals surface area contributed by atoms with Gasteiger partial charge in [0.05, 0.1) is 17.8 Å². The number of rotatable bonds is 7. The number of methoxy groups -OCH3 is 1. The number of halogens is 3. The van der Waals surface area contributed by atoms with Crippen LogP contribution in [-0.4, -0.2) is 15.5 Å². The molecule has 4 nitrogen and oxygen atoms in total. The molecule has 0 radical (unpaired) electrons. The van der Waals surface area contributed by atoms with Crippen LogP contribution >= 0.6 is 46.6 Å². The summed E-state index contributed by atoms with van der Waals surface area (Å²) in [5, 5.41) is 0.620. The Hall–Kier alpha value is -1.57. The van der Waals surface area contributed by atoms with E-state index in [1.807, 2.05) is 36.4 Å². The summed E-state index contributed by atoms with van der Waals surface area (Å²) in [5.41, 5.74) is 1.52. The van der Waals surface area contributed by atoms with Gasteiger partial charge in [0, 0.05) is 15.7 Å². The Morgan fingerprint density at radius 2 is 1.62 bits per heavy atom. The maximum absolute atomic E-state index is 12.9. The van der Waals surface area contributed by atoms with Gasteiger partial charge in [-0.25, -0.2) is 8.42 Å². The Morgan fingerprint density at radius 1 is 0.931 bits per heavy atom. The van der Waals surface area contributed by atoms with Crippen molar-refractivity contribution in [3.05, 3.63) is 81.3 Å². The fourth-order valence-electron chi connectivity index (χ4n) is 2.50. The molecule has 0 unspecified atom stereocenters. The second-order valence-electron chi connectivity index (χ2n) is 5.91. The van der Waals surface area contributed by atoms with Crippen molar-refractivity contribution < 1.29 is 13.2 Å². The third-order valence-corrected chi connectivity index (χ3v) is 7.74. The summed E-state index contributed by atoms with van der Waals surface area (Å²) in [5.74, 6) is 0.958. The summed E-state index contributed by atoms with van der Waals surface area (Å²) in [6.45, 7) is 0. The summed E-state index contributed by atoms with van der Waals surface area (Å²) in [6.07, 6.45) is 0. The lowest BCUT2D eigenvalue weighted by molar-refractivity contribution is 0.414. The predicted octanol–water partition coefficient (Wildman–Crippen LogP) is 6.75. The normalized spacial score (nSPS) is 11.3. The second-order valence-corrected chi connectivity index (χ2v) is 9.77. The van der Waals surface area contributed by atoms with Crippen LogP contribution in [0.1, 0.15) is 5.56 Å². The number of anilines is 1. The van der Waals surface area contributed by atoms with Gasteiger partial charge in [0.1, 0.15) is 15.7 Å². The molecule has 0 fully saturated rings. The number of benzene rings is 3. The van der Waals surface area contributed by atoms with Crippen LogP contribution in [0.3, 0.4) is 0 Å². The Balaban J connectivity index is 1.84. The third kappa shape index (κ3) is 5.32. The Labute approximate surface area is 189 Å². The van der Waals surface area contributed by atoms with Crippen LogP contribution in [0.2, 0.25) is 15.1 Å². The molecule has 3 aromatic carbocycles. The van der Waals surface area contributed by atoms with Gasteiger partial charge in [0.2, 0.25) is 0 Å². The van der Waals surface area contributed by atoms with E-state index in [2.05, 4.69) is 4.72 Å². The molecule has 9 heteroatoms. The minimum Gasteiger partial charge on any atom is -0.495 e. The van der Waals surface area contributed by atoms with Crippen LogP contribution in [0.5, 0.6) is 5.75 Å². The van der Waals surface area contributed by atoms with Crippen molar-refractivity contribution in [1.82, 2.24) is 0 Å². The zero-order chi connectivity index (χ0) is 21.0. The highest BCUT2D eigenvalue weighted by atomic mass is 35.5. The summed E-state index contributed by atoms with van der Waals surface area (Å²) >= 11 is 19.7. The molecular formula is C20H16Cl3NO3S2. The van der Waals surface area contributed by atoms with E-state index >= 15 is 0 Å². The van der Waals surface area contributed by atoms with Gasteiger partial charge in [-0.15, -0.1) is 11.8 Å². The fraction of sp³-hybridized carbons (Fsp3) is 0.100. The van der Waals surface area contributed by atoms with Gasteiger partial charge in [-0.1, -0.05) is 59.1 Å². The molecule has 0 aromatic heterocycles. The molecule has 0 spiro atoms. The van der Waals surface area contributed by atoms with E-state index in [0.29, 0.717) is 22.2 Å². The lowest BCUT2D eigenvalue weighted by atomic mass is 10.2. The zero-order valence-electron chi connectivity index (χ0n) is 15.2. The molecule has 3 rings (SSSR count). The number of thioether (sulfide) groups is 1. The zero-order valence-corrected chi connectivity index (χ0v) is 19.1. The topological polar surface area (TPSA) is 55.4 Å². The average molecular weight is 489 g/mol. The molecule has 0 atom stereocenters. The largest absolute Gasteiger partial charge is 0.495 e. The average Bonchev–Trinajstić information content (AvgIpc) is 2.70. The Bertz CT molecular complexity index is 1120. The Morgan fingerprint density at radius 3 is 2.31 bits per heavy atom. The van der Waals surface area contributed by atoms with E-state index in [1.165, 1.54) is 31.0 Å². The first-order valence-electron chi connectivity index (χ1n) is 8.33. The van der Waals surface area contributed by atoms with Crippen molar-refractivity contribution in [3.63, 3.8) is 0 Å². The molecular weight excluding hydrogens is 473 g/mol. The van der Waals surface area contributed by atoms with Gasteiger partial charge in [-0.3, -0.25) is 4.72 Å². The molecule has 0 bridgehead atoms. The highest BCUT2D eigenvalue weighted by Gasteiger charge is 2.23. The molecule has 29 heavy (non-hydrogen) atoms. The monoisotopic (exact) mass is 487 g/mol. The summed E-state index contributed by atoms with van der Waals surface area (Å²) < 4.78 is 33.5. The first kappa shape index (κ1) is 22.1. The minimum atomic E-state index is -3.96. The number of hydrogen-bond donors (Lipinski definition) is 1. The van der Waals surface area contributed by atoms with E-state index in [1.54, 1.807) is 12.1 Å². The van der Waals surface area contributed by atoms with Gasteiger partial charge < -0.3 is 4.74 Å². The van der Waals surface area contributed by atoms with Gasteiger partial charge in [0.15, 0.2) is 0 Å². The minimum absolute atomic E-state index is 0.0439. The molecule has 0 aliphatic heterocycles. The van der Waals surface area contributed by atoms with E-state index < -0.39 is 10.0 Å². The van der Waals surface area contributed by atoms with Crippen LogP contribution < -0.4 is 9.46 Å². The highest BCUT2D eigenvalue weighted by molar-refractivity contribution is 7.98. The smallest absolute Gasteiger partial charge is 0.263 e. The van der Waals surface area contributed by atoms with Crippen molar-refractivity contribution in [3.8, 4) is 5.75 Å². The van der Waals surface area contributed by atoms with Crippen LogP contribution in [-0.2, 0) is 15.8 Å². The fourth-order valence-corrected chi connectivity index (χ4v) is 5.57. The van der Waals surface area contributed by atoms with E-state index in [9.17, 15) is 8.42 Å². The first-order valence-corrected chi connectivity index (χ1v) is 11.9. The van der Waals surface area contributed by atoms with Crippen molar-refractivity contribution in [1.29, 1.82) is 0 Å². The molecule has 152 valence electrons. The van der Waals surface area contributed by atoms with Gasteiger partial charge in [0.25, 0.3) is 10.0 Å². The van der Waals surface area contributed by atoms with E-state index in [0.717, 1.165) is 10.5 Å². The second kappa shape index (κ2) is 9.49. The Kier molecular flexibility index (Phi) is 7.24. The molecule has 0 saturated heterocycles. The quantitative estimate of drug-likeness (QED) is 0.374. The van der Waals surface area contributed by atoms with Crippen molar-refractivity contribution in [2.75, 3.05) is 11.8 Å². The summed E-state index contributed by atoms with van der Waals surface area (Å²) in [6, 6.07) is 17.5. The number of para-hydroxylation sites is 1. The number of hydrogen-bond acceptors (Lipinski definition) is 4. The molecule has 1 N–H and O–H groups in total. The molecule has 0 saturated carbocycles. The molecule has 0 aliphatic rings. The van der Waals surface area contributed by atoms with Gasteiger partial charge in [-0.2, -0.15) is 0 Å². The predicted molar refractivity (Wildman–Crippen MR) is 121 cm³/mol. The molecule has 0 aliphatic carbocycles. The number of nitrogens with one attached hydrogen (secondary N) is 1. The van der Waals surface area contributed by atoms with Crippen molar-refractivity contribution >= 4 is 62.3 Å². The number of sulfonamides is 1. The lowest BCUT2D eigenvalue weighted by Gasteiger charge is -2.14. The molecule has 0 amide bonds. The molecule has 3 aromatic rings. The van der Waals surface area contributed by atoms with Crippen LogP contribution in [0.15, 0.2) is 70.5 Å². The number of ether oxygens (including phenoxy) is 1. The first-order chi connectivity index (χ1) is 13.8. The standard InChI is InChI=1S/C20H16Cl3NO3S2/c1-27-16-10-11-18(20(23)19(16)22)29(25,26)24-15-4-2-3-5-17(15)28-12-13-6-8-14(21)9-7-13/h2-11,24H,12H2,1H3. The van der Waals surface area contributed by atoms with Gasteiger partial charge >= 0.3 is 0 Å². The third-order valence-electron chi connectivity index (χ3n) is 3.96. The van der Waals surface area contributed by atoms with Crippen LogP contribution in [0.4, 0.5) is 5.69 Å². The molecule has 0 heterocycles.